The Balaban J connectivity index is 2.09. The Morgan fingerprint density at radius 2 is 2.00 bits per heavy atom. The molecular formula is C16H20N2O6S2. The number of ether oxygens (including phenoxy) is 3. The van der Waals surface area contributed by atoms with Gasteiger partial charge in [0.25, 0.3) is 0 Å². The lowest BCUT2D eigenvalue weighted by molar-refractivity contribution is -0.113. The highest BCUT2D eigenvalue weighted by atomic mass is 32.2. The number of hydrogen-bond donors (Lipinski definition) is 1. The minimum Gasteiger partial charge on any atom is -0.497 e. The fraction of sp³-hybridized carbons (Fsp3) is 0.375. The second kappa shape index (κ2) is 8.97. The maximum atomic E-state index is 11.9. The van der Waals surface area contributed by atoms with E-state index in [2.05, 4.69) is 10.3 Å². The molecule has 0 aliphatic carbocycles. The quantitative estimate of drug-likeness (QED) is 0.685. The summed E-state index contributed by atoms with van der Waals surface area (Å²) in [5.41, 5.74) is 1.34. The first kappa shape index (κ1) is 20.1. The predicted molar refractivity (Wildman–Crippen MR) is 99.8 cm³/mol. The molecule has 1 amide bonds. The van der Waals surface area contributed by atoms with Gasteiger partial charge in [-0.15, -0.1) is 11.3 Å². The molecular weight excluding hydrogens is 380 g/mol. The van der Waals surface area contributed by atoms with Gasteiger partial charge in [-0.25, -0.2) is 13.4 Å². The minimum absolute atomic E-state index is 0.0499. The summed E-state index contributed by atoms with van der Waals surface area (Å²) >= 11 is 1.20. The van der Waals surface area contributed by atoms with E-state index in [1.165, 1.54) is 25.6 Å². The number of nitrogens with zero attached hydrogens (tertiary/aromatic N) is 1. The van der Waals surface area contributed by atoms with Gasteiger partial charge in [0.05, 0.1) is 32.3 Å². The summed E-state index contributed by atoms with van der Waals surface area (Å²) in [7, 11) is 0.983. The van der Waals surface area contributed by atoms with E-state index in [0.29, 0.717) is 22.3 Å². The van der Waals surface area contributed by atoms with E-state index in [9.17, 15) is 13.2 Å². The normalized spacial score (nSPS) is 11.2. The Bertz CT molecular complexity index is 863. The number of anilines is 1. The van der Waals surface area contributed by atoms with E-state index in [4.69, 9.17) is 14.2 Å². The number of sulfone groups is 1. The Kier molecular flexibility index (Phi) is 6.95. The summed E-state index contributed by atoms with van der Waals surface area (Å²) in [6, 6.07) is 5.31. The standard InChI is InChI=1S/C16H20N2O6S2/c1-22-6-7-26(20,21)10-15(19)18-16-17-13(9-25-16)12-5-4-11(23-2)8-14(12)24-3/h4-5,8-9H,6-7,10H2,1-3H3,(H,17,18,19). The first-order valence-electron chi connectivity index (χ1n) is 7.55. The van der Waals surface area contributed by atoms with Gasteiger partial charge in [-0.1, -0.05) is 0 Å². The first-order valence-corrected chi connectivity index (χ1v) is 10.3. The Morgan fingerprint density at radius 3 is 2.65 bits per heavy atom. The fourth-order valence-corrected chi connectivity index (χ4v) is 3.87. The van der Waals surface area contributed by atoms with Gasteiger partial charge in [-0.2, -0.15) is 0 Å². The van der Waals surface area contributed by atoms with Gasteiger partial charge < -0.3 is 19.5 Å². The van der Waals surface area contributed by atoms with Crippen molar-refractivity contribution in [1.82, 2.24) is 4.98 Å². The van der Waals surface area contributed by atoms with Crippen LogP contribution in [0.3, 0.4) is 0 Å². The summed E-state index contributed by atoms with van der Waals surface area (Å²) in [5.74, 6) is -0.228. The monoisotopic (exact) mass is 400 g/mol. The van der Waals surface area contributed by atoms with Crippen LogP contribution < -0.4 is 14.8 Å². The second-order valence-electron chi connectivity index (χ2n) is 5.24. The van der Waals surface area contributed by atoms with Crippen molar-refractivity contribution >= 4 is 32.2 Å². The summed E-state index contributed by atoms with van der Waals surface area (Å²) in [6.45, 7) is 0.0499. The summed E-state index contributed by atoms with van der Waals surface area (Å²) in [5, 5.41) is 4.57. The highest BCUT2D eigenvalue weighted by Gasteiger charge is 2.18. The molecule has 1 aromatic carbocycles. The van der Waals surface area contributed by atoms with Crippen molar-refractivity contribution in [2.75, 3.05) is 44.8 Å². The molecule has 2 aromatic rings. The average molecular weight is 400 g/mol. The van der Waals surface area contributed by atoms with Crippen LogP contribution in [0.25, 0.3) is 11.3 Å². The molecule has 1 N–H and O–H groups in total. The molecule has 0 aliphatic rings. The van der Waals surface area contributed by atoms with Crippen molar-refractivity contribution in [3.8, 4) is 22.8 Å². The van der Waals surface area contributed by atoms with Crippen molar-refractivity contribution in [2.24, 2.45) is 0 Å². The Morgan fingerprint density at radius 1 is 1.23 bits per heavy atom. The number of aromatic nitrogens is 1. The molecule has 0 bridgehead atoms. The molecule has 0 atom stereocenters. The summed E-state index contributed by atoms with van der Waals surface area (Å²) in [4.78, 5) is 16.3. The smallest absolute Gasteiger partial charge is 0.241 e. The molecule has 0 aliphatic heterocycles. The molecule has 10 heteroatoms. The number of nitrogens with one attached hydrogen (secondary N) is 1. The third kappa shape index (κ3) is 5.41. The van der Waals surface area contributed by atoms with Crippen molar-refractivity contribution in [3.63, 3.8) is 0 Å². The zero-order valence-corrected chi connectivity index (χ0v) is 16.3. The first-order chi connectivity index (χ1) is 12.4. The molecule has 1 heterocycles. The molecule has 0 saturated carbocycles. The molecule has 1 aromatic heterocycles. The molecule has 26 heavy (non-hydrogen) atoms. The molecule has 0 unspecified atom stereocenters. The number of thiazole rings is 1. The number of amides is 1. The number of carbonyl (C=O) groups is 1. The van der Waals surface area contributed by atoms with E-state index in [1.807, 2.05) is 0 Å². The van der Waals surface area contributed by atoms with Crippen LogP contribution in [0.4, 0.5) is 5.13 Å². The lowest BCUT2D eigenvalue weighted by Gasteiger charge is -2.08. The molecule has 0 spiro atoms. The third-order valence-corrected chi connectivity index (χ3v) is 5.63. The highest BCUT2D eigenvalue weighted by Crippen LogP contribution is 2.34. The van der Waals surface area contributed by atoms with Gasteiger partial charge in [-0.05, 0) is 12.1 Å². The van der Waals surface area contributed by atoms with E-state index in [0.717, 1.165) is 5.56 Å². The SMILES string of the molecule is COCCS(=O)(=O)CC(=O)Nc1nc(-c2ccc(OC)cc2OC)cs1. The topological polar surface area (TPSA) is 104 Å². The lowest BCUT2D eigenvalue weighted by Crippen LogP contribution is -2.26. The molecule has 0 fully saturated rings. The van der Waals surface area contributed by atoms with Gasteiger partial charge in [0, 0.05) is 24.1 Å². The van der Waals surface area contributed by atoms with Crippen LogP contribution in [0.5, 0.6) is 11.5 Å². The van der Waals surface area contributed by atoms with E-state index in [-0.39, 0.29) is 12.4 Å². The fourth-order valence-electron chi connectivity index (χ4n) is 2.10. The van der Waals surface area contributed by atoms with E-state index >= 15 is 0 Å². The molecule has 2 rings (SSSR count). The maximum Gasteiger partial charge on any atom is 0.241 e. The zero-order chi connectivity index (χ0) is 19.2. The van der Waals surface area contributed by atoms with Gasteiger partial charge in [-0.3, -0.25) is 4.79 Å². The van der Waals surface area contributed by atoms with Gasteiger partial charge >= 0.3 is 0 Å². The minimum atomic E-state index is -3.52. The molecule has 8 nitrogen and oxygen atoms in total. The summed E-state index contributed by atoms with van der Waals surface area (Å²) < 4.78 is 38.8. The molecule has 0 saturated heterocycles. The van der Waals surface area contributed by atoms with Gasteiger partial charge in [0.1, 0.15) is 17.3 Å². The second-order valence-corrected chi connectivity index (χ2v) is 8.28. The van der Waals surface area contributed by atoms with E-state index < -0.39 is 21.5 Å². The Hall–Kier alpha value is -2.17. The zero-order valence-electron chi connectivity index (χ0n) is 14.6. The van der Waals surface area contributed by atoms with E-state index in [1.54, 1.807) is 30.7 Å². The van der Waals surface area contributed by atoms with Crippen LogP contribution in [0.2, 0.25) is 0 Å². The molecule has 142 valence electrons. The number of methoxy groups -OCH3 is 3. The highest BCUT2D eigenvalue weighted by molar-refractivity contribution is 7.92. The van der Waals surface area contributed by atoms with Crippen LogP contribution in [0.1, 0.15) is 0 Å². The van der Waals surface area contributed by atoms with Crippen LogP contribution in [0, 0.1) is 0 Å². The largest absolute Gasteiger partial charge is 0.497 e. The van der Waals surface area contributed by atoms with Crippen molar-refractivity contribution in [1.29, 1.82) is 0 Å². The maximum absolute atomic E-state index is 11.9. The van der Waals surface area contributed by atoms with Gasteiger partial charge in [0.2, 0.25) is 5.91 Å². The van der Waals surface area contributed by atoms with Crippen molar-refractivity contribution < 1.29 is 27.4 Å². The number of hydrogen-bond acceptors (Lipinski definition) is 8. The van der Waals surface area contributed by atoms with Crippen molar-refractivity contribution in [2.45, 2.75) is 0 Å². The van der Waals surface area contributed by atoms with Crippen LogP contribution >= 0.6 is 11.3 Å². The number of carbonyl (C=O) groups excluding carboxylic acids is 1. The number of rotatable bonds is 9. The third-order valence-electron chi connectivity index (χ3n) is 3.38. The van der Waals surface area contributed by atoms with Crippen LogP contribution in [-0.4, -0.2) is 58.8 Å². The average Bonchev–Trinajstić information content (AvgIpc) is 3.06. The van der Waals surface area contributed by atoms with Gasteiger partial charge in [0.15, 0.2) is 15.0 Å². The predicted octanol–water partition coefficient (Wildman–Crippen LogP) is 1.83. The Labute approximate surface area is 156 Å². The number of benzene rings is 1. The van der Waals surface area contributed by atoms with Crippen LogP contribution in [0.15, 0.2) is 23.6 Å². The molecule has 0 radical (unpaired) electrons. The van der Waals surface area contributed by atoms with Crippen LogP contribution in [-0.2, 0) is 19.4 Å². The lowest BCUT2D eigenvalue weighted by atomic mass is 10.1. The summed E-state index contributed by atoms with van der Waals surface area (Å²) in [6.07, 6.45) is 0. The van der Waals surface area contributed by atoms with Crippen molar-refractivity contribution in [3.05, 3.63) is 23.6 Å².